The Labute approximate surface area is 174 Å². The molecule has 2 aromatic carbocycles. The molecule has 1 atom stereocenters. The molecule has 4 rings (SSSR count). The molecule has 10 heteroatoms. The number of anilines is 1. The minimum absolute atomic E-state index is 0.0790. The smallest absolute Gasteiger partial charge is 0.269 e. The predicted octanol–water partition coefficient (Wildman–Crippen LogP) is 2.90. The highest BCUT2D eigenvalue weighted by atomic mass is 32.1. The fourth-order valence-electron chi connectivity index (χ4n) is 3.29. The first-order valence-electron chi connectivity index (χ1n) is 8.86. The van der Waals surface area contributed by atoms with E-state index in [2.05, 4.69) is 10.3 Å². The summed E-state index contributed by atoms with van der Waals surface area (Å²) in [4.78, 5) is 54.3. The van der Waals surface area contributed by atoms with Crippen LogP contribution < -0.4 is 5.32 Å². The zero-order chi connectivity index (χ0) is 21.3. The first-order valence-corrected chi connectivity index (χ1v) is 9.74. The molecule has 150 valence electrons. The molecule has 1 aromatic heterocycles. The fraction of sp³-hybridized carbons (Fsp3) is 0.100. The van der Waals surface area contributed by atoms with Crippen LogP contribution in [0.1, 0.15) is 26.3 Å². The lowest BCUT2D eigenvalue weighted by Gasteiger charge is -2.25. The first-order chi connectivity index (χ1) is 14.5. The van der Waals surface area contributed by atoms with Gasteiger partial charge >= 0.3 is 0 Å². The van der Waals surface area contributed by atoms with Gasteiger partial charge in [-0.25, -0.2) is 4.98 Å². The predicted molar refractivity (Wildman–Crippen MR) is 108 cm³/mol. The van der Waals surface area contributed by atoms with Crippen molar-refractivity contribution in [1.82, 2.24) is 9.88 Å². The number of thiazole rings is 1. The Bertz CT molecular complexity index is 1130. The molecule has 0 saturated carbocycles. The van der Waals surface area contributed by atoms with Crippen molar-refractivity contribution in [3.05, 3.63) is 86.9 Å². The number of benzene rings is 2. The van der Waals surface area contributed by atoms with Gasteiger partial charge in [0.1, 0.15) is 6.04 Å². The maximum absolute atomic E-state index is 13.0. The summed E-state index contributed by atoms with van der Waals surface area (Å²) in [5.41, 5.74) is 0.733. The summed E-state index contributed by atoms with van der Waals surface area (Å²) >= 11 is 1.19. The van der Waals surface area contributed by atoms with Crippen LogP contribution in [0, 0.1) is 10.1 Å². The van der Waals surface area contributed by atoms with Crippen molar-refractivity contribution in [1.29, 1.82) is 0 Å². The summed E-state index contributed by atoms with van der Waals surface area (Å²) < 4.78 is 0. The Morgan fingerprint density at radius 2 is 1.83 bits per heavy atom. The van der Waals surface area contributed by atoms with E-state index < -0.39 is 28.7 Å². The third kappa shape index (κ3) is 3.55. The molecule has 1 N–H and O–H groups in total. The number of amides is 3. The van der Waals surface area contributed by atoms with Gasteiger partial charge in [-0.3, -0.25) is 29.4 Å². The number of aromatic nitrogens is 1. The Hall–Kier alpha value is -3.92. The number of non-ortho nitro benzene ring substituents is 1. The van der Waals surface area contributed by atoms with Gasteiger partial charge in [0.2, 0.25) is 5.91 Å². The third-order valence-electron chi connectivity index (χ3n) is 4.65. The van der Waals surface area contributed by atoms with Crippen molar-refractivity contribution in [3.63, 3.8) is 0 Å². The van der Waals surface area contributed by atoms with Crippen molar-refractivity contribution in [2.45, 2.75) is 12.5 Å². The SMILES string of the molecule is O=C(Nc1nccs1)C(Cc1cccc([N+](=O)[O-])c1)N1C(=O)c2ccccc2C1=O. The molecule has 30 heavy (non-hydrogen) atoms. The average molecular weight is 422 g/mol. The number of nitro benzene ring substituents is 1. The minimum Gasteiger partial charge on any atom is -0.300 e. The highest BCUT2D eigenvalue weighted by Crippen LogP contribution is 2.27. The maximum Gasteiger partial charge on any atom is 0.269 e. The second-order valence-electron chi connectivity index (χ2n) is 6.50. The molecule has 0 fully saturated rings. The summed E-state index contributed by atoms with van der Waals surface area (Å²) in [5.74, 6) is -1.77. The summed E-state index contributed by atoms with van der Waals surface area (Å²) in [5, 5.41) is 15.7. The van der Waals surface area contributed by atoms with Gasteiger partial charge in [-0.2, -0.15) is 0 Å². The fourth-order valence-corrected chi connectivity index (χ4v) is 3.82. The van der Waals surface area contributed by atoms with Crippen LogP contribution in [0.3, 0.4) is 0 Å². The number of carbonyl (C=O) groups excluding carboxylic acids is 3. The van der Waals surface area contributed by atoms with E-state index in [1.54, 1.807) is 23.6 Å². The molecule has 0 radical (unpaired) electrons. The number of hydrogen-bond donors (Lipinski definition) is 1. The van der Waals surface area contributed by atoms with Gasteiger partial charge in [0.05, 0.1) is 16.1 Å². The molecule has 3 amide bonds. The lowest BCUT2D eigenvalue weighted by molar-refractivity contribution is -0.384. The maximum atomic E-state index is 13.0. The van der Waals surface area contributed by atoms with Crippen molar-refractivity contribution < 1.29 is 19.3 Å². The van der Waals surface area contributed by atoms with Gasteiger partial charge in [0.15, 0.2) is 5.13 Å². The number of rotatable bonds is 6. The Morgan fingerprint density at radius 1 is 1.13 bits per heavy atom. The number of nitrogens with zero attached hydrogens (tertiary/aromatic N) is 3. The van der Waals surface area contributed by atoms with Crippen molar-refractivity contribution in [2.75, 3.05) is 5.32 Å². The van der Waals surface area contributed by atoms with Crippen molar-refractivity contribution >= 4 is 39.9 Å². The molecule has 0 bridgehead atoms. The Morgan fingerprint density at radius 3 is 2.43 bits per heavy atom. The largest absolute Gasteiger partial charge is 0.300 e. The summed E-state index contributed by atoms with van der Waals surface area (Å²) in [6.07, 6.45) is 1.43. The highest BCUT2D eigenvalue weighted by molar-refractivity contribution is 7.13. The van der Waals surface area contributed by atoms with Gasteiger partial charge in [-0.05, 0) is 17.7 Å². The summed E-state index contributed by atoms with van der Waals surface area (Å²) in [6.45, 7) is 0. The van der Waals surface area contributed by atoms with Crippen LogP contribution in [-0.4, -0.2) is 38.6 Å². The number of nitro groups is 1. The van der Waals surface area contributed by atoms with E-state index in [9.17, 15) is 24.5 Å². The highest BCUT2D eigenvalue weighted by Gasteiger charge is 2.42. The first kappa shape index (κ1) is 19.4. The Kier molecular flexibility index (Phi) is 5.07. The molecule has 0 aliphatic carbocycles. The molecule has 0 spiro atoms. The van der Waals surface area contributed by atoms with E-state index in [1.807, 2.05) is 0 Å². The molecule has 0 saturated heterocycles. The quantitative estimate of drug-likeness (QED) is 0.370. The molecule has 9 nitrogen and oxygen atoms in total. The molecule has 1 aliphatic rings. The Balaban J connectivity index is 1.70. The second kappa shape index (κ2) is 7.84. The molecule has 1 unspecified atom stereocenters. The number of fused-ring (bicyclic) bond motifs is 1. The van der Waals surface area contributed by atoms with Crippen molar-refractivity contribution in [2.24, 2.45) is 0 Å². The number of nitrogens with one attached hydrogen (secondary N) is 1. The zero-order valence-electron chi connectivity index (χ0n) is 15.3. The average Bonchev–Trinajstić information content (AvgIpc) is 3.34. The van der Waals surface area contributed by atoms with E-state index in [4.69, 9.17) is 0 Å². The third-order valence-corrected chi connectivity index (χ3v) is 5.34. The molecule has 3 aromatic rings. The number of hydrogen-bond acceptors (Lipinski definition) is 7. The van der Waals surface area contributed by atoms with Crippen LogP contribution in [0.5, 0.6) is 0 Å². The van der Waals surface area contributed by atoms with Gasteiger partial charge in [-0.15, -0.1) is 11.3 Å². The molecule has 2 heterocycles. The second-order valence-corrected chi connectivity index (χ2v) is 7.39. The lowest BCUT2D eigenvalue weighted by atomic mass is 10.0. The van der Waals surface area contributed by atoms with Crippen molar-refractivity contribution in [3.8, 4) is 0 Å². The van der Waals surface area contributed by atoms with Gasteiger partial charge in [0.25, 0.3) is 17.5 Å². The van der Waals surface area contributed by atoms with Crippen LogP contribution in [-0.2, 0) is 11.2 Å². The molecule has 1 aliphatic heterocycles. The zero-order valence-corrected chi connectivity index (χ0v) is 16.2. The van der Waals surface area contributed by atoms with Crippen LogP contribution in [0.25, 0.3) is 0 Å². The summed E-state index contributed by atoms with van der Waals surface area (Å²) in [6, 6.07) is 10.9. The standard InChI is InChI=1S/C20H14N4O5S/c25-17(22-20-21-8-9-30-20)16(11-12-4-3-5-13(10-12)24(28)29)23-18(26)14-6-1-2-7-15(14)19(23)27/h1-10,16H,11H2,(H,21,22,25). The minimum atomic E-state index is -1.21. The van der Waals surface area contributed by atoms with Crippen LogP contribution in [0.2, 0.25) is 0 Å². The van der Waals surface area contributed by atoms with Gasteiger partial charge in [-0.1, -0.05) is 24.3 Å². The molecular formula is C20H14N4O5S. The van der Waals surface area contributed by atoms with E-state index in [0.717, 1.165) is 4.90 Å². The lowest BCUT2D eigenvalue weighted by Crippen LogP contribution is -2.48. The van der Waals surface area contributed by atoms with Gasteiger partial charge < -0.3 is 5.32 Å². The van der Waals surface area contributed by atoms with Gasteiger partial charge in [0, 0.05) is 30.1 Å². The van der Waals surface area contributed by atoms with E-state index in [0.29, 0.717) is 10.7 Å². The van der Waals surface area contributed by atoms with E-state index in [1.165, 1.54) is 47.9 Å². The summed E-state index contributed by atoms with van der Waals surface area (Å²) in [7, 11) is 0. The van der Waals surface area contributed by atoms with Crippen LogP contribution in [0.15, 0.2) is 60.1 Å². The normalized spacial score (nSPS) is 13.8. The van der Waals surface area contributed by atoms with E-state index >= 15 is 0 Å². The van der Waals surface area contributed by atoms with Crippen LogP contribution in [0.4, 0.5) is 10.8 Å². The topological polar surface area (TPSA) is 123 Å². The monoisotopic (exact) mass is 422 g/mol. The number of carbonyl (C=O) groups is 3. The van der Waals surface area contributed by atoms with Crippen LogP contribution >= 0.6 is 11.3 Å². The van der Waals surface area contributed by atoms with E-state index in [-0.39, 0.29) is 23.2 Å². The molecular weight excluding hydrogens is 408 g/mol. The number of imide groups is 1.